The Kier molecular flexibility index (Phi) is 8.93. The molecule has 2 aliphatic heterocycles. The van der Waals surface area contributed by atoms with E-state index in [0.29, 0.717) is 51.3 Å². The summed E-state index contributed by atoms with van der Waals surface area (Å²) in [6.07, 6.45) is -2.41. The van der Waals surface area contributed by atoms with Gasteiger partial charge in [-0.15, -0.1) is 0 Å². The lowest BCUT2D eigenvalue weighted by Gasteiger charge is -2.44. The zero-order chi connectivity index (χ0) is 31.8. The van der Waals surface area contributed by atoms with Crippen LogP contribution in [0.3, 0.4) is 0 Å². The molecule has 2 fully saturated rings. The Balaban J connectivity index is 1.54. The number of ether oxygens (including phenoxy) is 2. The molecule has 0 unspecified atom stereocenters. The molecule has 1 amide bonds. The highest BCUT2D eigenvalue weighted by Crippen LogP contribution is 2.40. The number of anilines is 2. The van der Waals surface area contributed by atoms with Crippen LogP contribution in [-0.4, -0.2) is 72.3 Å². The van der Waals surface area contributed by atoms with E-state index in [-0.39, 0.29) is 35.3 Å². The molecule has 0 aliphatic carbocycles. The van der Waals surface area contributed by atoms with Gasteiger partial charge in [-0.05, 0) is 33.0 Å². The van der Waals surface area contributed by atoms with Gasteiger partial charge in [0.05, 0.1) is 30.0 Å². The summed E-state index contributed by atoms with van der Waals surface area (Å²) < 4.78 is 83.3. The van der Waals surface area contributed by atoms with Gasteiger partial charge in [-0.25, -0.2) is 13.8 Å². The number of pyridine rings is 2. The van der Waals surface area contributed by atoms with Crippen molar-refractivity contribution in [3.05, 3.63) is 69.8 Å². The van der Waals surface area contributed by atoms with E-state index in [0.717, 1.165) is 6.07 Å². The Morgan fingerprint density at radius 2 is 1.77 bits per heavy atom. The molecule has 0 spiro atoms. The first-order valence-corrected chi connectivity index (χ1v) is 14.1. The maximum absolute atomic E-state index is 16.4. The standard InChI is InChI=1S/C30H32F5N5O4/c1-16-14-40(15-17(2)39(16)3)23-12-21(31)26(18-4-5-25(36-13-18)44-20-6-8-43-9-7-20)27(32)28(23)38-29(42)22-10-19(30(33,34)35)11-24(41)37-22/h4-5,10-13,16-17,20H,6-9,14-15H2,1-3H3,(H,37,41)(H,38,42)/t16-,17+. The second-order valence-electron chi connectivity index (χ2n) is 11.1. The van der Waals surface area contributed by atoms with Crippen molar-refractivity contribution in [1.29, 1.82) is 0 Å². The first-order chi connectivity index (χ1) is 20.8. The Morgan fingerprint density at radius 1 is 1.09 bits per heavy atom. The number of amides is 1. The first kappa shape index (κ1) is 31.4. The Morgan fingerprint density at radius 3 is 2.39 bits per heavy atom. The summed E-state index contributed by atoms with van der Waals surface area (Å²) in [5.41, 5.74) is -4.14. The van der Waals surface area contributed by atoms with E-state index in [2.05, 4.69) is 20.2 Å². The summed E-state index contributed by atoms with van der Waals surface area (Å²) in [5, 5.41) is 2.31. The highest BCUT2D eigenvalue weighted by atomic mass is 19.4. The van der Waals surface area contributed by atoms with Crippen molar-refractivity contribution >= 4 is 17.3 Å². The molecule has 14 heteroatoms. The van der Waals surface area contributed by atoms with Crippen molar-refractivity contribution in [2.75, 3.05) is 43.6 Å². The number of aromatic nitrogens is 2. The van der Waals surface area contributed by atoms with Crippen LogP contribution in [0.5, 0.6) is 5.88 Å². The fraction of sp³-hybridized carbons (Fsp3) is 0.433. The number of benzene rings is 1. The number of alkyl halides is 3. The Labute approximate surface area is 250 Å². The number of carbonyl (C=O) groups is 1. The summed E-state index contributed by atoms with van der Waals surface area (Å²) in [4.78, 5) is 35.2. The molecule has 1 aromatic carbocycles. The second-order valence-corrected chi connectivity index (χ2v) is 11.1. The lowest BCUT2D eigenvalue weighted by Crippen LogP contribution is -2.55. The maximum Gasteiger partial charge on any atom is 0.416 e. The molecule has 2 aliphatic rings. The number of carbonyl (C=O) groups excluding carboxylic acids is 1. The van der Waals surface area contributed by atoms with E-state index in [1.807, 2.05) is 20.9 Å². The molecular formula is C30H32F5N5O4. The molecule has 2 atom stereocenters. The fourth-order valence-electron chi connectivity index (χ4n) is 5.41. The normalized spacial score (nSPS) is 20.0. The van der Waals surface area contributed by atoms with Crippen LogP contribution in [0.2, 0.25) is 0 Å². The van der Waals surface area contributed by atoms with Gasteiger partial charge in [-0.2, -0.15) is 13.2 Å². The molecule has 2 saturated heterocycles. The Hall–Kier alpha value is -4.04. The SMILES string of the molecule is C[C@@H]1CN(c2cc(F)c(-c3ccc(OC4CCOCC4)nc3)c(F)c2NC(=O)c2cc(C(F)(F)F)cc(=O)[nH]2)C[C@H](C)N1C. The van der Waals surface area contributed by atoms with Crippen LogP contribution in [0, 0.1) is 11.6 Å². The largest absolute Gasteiger partial charge is 0.474 e. The predicted molar refractivity (Wildman–Crippen MR) is 153 cm³/mol. The molecule has 5 rings (SSSR count). The van der Waals surface area contributed by atoms with Gasteiger partial charge in [0.15, 0.2) is 5.82 Å². The van der Waals surface area contributed by atoms with Gasteiger partial charge in [-0.1, -0.05) is 0 Å². The second kappa shape index (κ2) is 12.5. The summed E-state index contributed by atoms with van der Waals surface area (Å²) in [6, 6.07) is 4.71. The monoisotopic (exact) mass is 621 g/mol. The van der Waals surface area contributed by atoms with E-state index in [4.69, 9.17) is 9.47 Å². The van der Waals surface area contributed by atoms with E-state index < -0.39 is 51.8 Å². The van der Waals surface area contributed by atoms with Crippen molar-refractivity contribution < 1.29 is 36.2 Å². The minimum atomic E-state index is -4.90. The number of aromatic amines is 1. The topological polar surface area (TPSA) is 99.8 Å². The van der Waals surface area contributed by atoms with Crippen LogP contribution in [-0.2, 0) is 10.9 Å². The molecule has 4 heterocycles. The van der Waals surface area contributed by atoms with E-state index in [1.54, 1.807) is 4.90 Å². The number of halogens is 5. The number of likely N-dealkylation sites (N-methyl/N-ethyl adjacent to an activating group) is 1. The predicted octanol–water partition coefficient (Wildman–Crippen LogP) is 5.07. The summed E-state index contributed by atoms with van der Waals surface area (Å²) in [6.45, 7) is 5.68. The lowest BCUT2D eigenvalue weighted by atomic mass is 10.0. The number of hydrogen-bond donors (Lipinski definition) is 2. The number of rotatable bonds is 6. The van der Waals surface area contributed by atoms with E-state index in [9.17, 15) is 22.8 Å². The van der Waals surface area contributed by atoms with Gasteiger partial charge in [0.25, 0.3) is 5.91 Å². The third-order valence-electron chi connectivity index (χ3n) is 8.03. The third-order valence-corrected chi connectivity index (χ3v) is 8.03. The average Bonchev–Trinajstić information content (AvgIpc) is 2.97. The van der Waals surface area contributed by atoms with Crippen LogP contribution in [0.4, 0.5) is 33.3 Å². The quantitative estimate of drug-likeness (QED) is 0.371. The number of hydrogen-bond acceptors (Lipinski definition) is 7. The molecule has 0 bridgehead atoms. The van der Waals surface area contributed by atoms with Crippen molar-refractivity contribution in [3.63, 3.8) is 0 Å². The zero-order valence-corrected chi connectivity index (χ0v) is 24.3. The molecule has 2 aromatic heterocycles. The van der Waals surface area contributed by atoms with Gasteiger partial charge in [0, 0.05) is 68.0 Å². The van der Waals surface area contributed by atoms with Gasteiger partial charge in [0.1, 0.15) is 23.3 Å². The van der Waals surface area contributed by atoms with Crippen LogP contribution < -0.4 is 20.5 Å². The lowest BCUT2D eigenvalue weighted by molar-refractivity contribution is -0.137. The zero-order valence-electron chi connectivity index (χ0n) is 24.3. The number of piperazine rings is 1. The van der Waals surface area contributed by atoms with Gasteiger partial charge in [0.2, 0.25) is 11.4 Å². The molecule has 9 nitrogen and oxygen atoms in total. The number of nitrogens with zero attached hydrogens (tertiary/aromatic N) is 3. The van der Waals surface area contributed by atoms with Crippen LogP contribution in [0.15, 0.2) is 41.3 Å². The van der Waals surface area contributed by atoms with Crippen molar-refractivity contribution in [3.8, 4) is 17.0 Å². The average molecular weight is 622 g/mol. The smallest absolute Gasteiger partial charge is 0.416 e. The highest BCUT2D eigenvalue weighted by molar-refractivity contribution is 6.05. The van der Waals surface area contributed by atoms with E-state index >= 15 is 8.78 Å². The third kappa shape index (κ3) is 6.70. The molecule has 0 saturated carbocycles. The summed E-state index contributed by atoms with van der Waals surface area (Å²) in [7, 11) is 1.92. The fourth-order valence-corrected chi connectivity index (χ4v) is 5.41. The number of nitrogens with one attached hydrogen (secondary N) is 2. The van der Waals surface area contributed by atoms with Crippen molar-refractivity contribution in [1.82, 2.24) is 14.9 Å². The van der Waals surface area contributed by atoms with Gasteiger partial charge < -0.3 is 24.7 Å². The van der Waals surface area contributed by atoms with Gasteiger partial charge >= 0.3 is 6.18 Å². The molecular weight excluding hydrogens is 589 g/mol. The molecule has 2 N–H and O–H groups in total. The minimum Gasteiger partial charge on any atom is -0.474 e. The summed E-state index contributed by atoms with van der Waals surface area (Å²) >= 11 is 0. The van der Waals surface area contributed by atoms with Gasteiger partial charge in [-0.3, -0.25) is 14.5 Å². The van der Waals surface area contributed by atoms with Crippen molar-refractivity contribution in [2.24, 2.45) is 0 Å². The van der Waals surface area contributed by atoms with E-state index in [1.165, 1.54) is 18.3 Å². The molecule has 3 aromatic rings. The first-order valence-electron chi connectivity index (χ1n) is 14.1. The van der Waals surface area contributed by atoms with Crippen LogP contribution in [0.25, 0.3) is 11.1 Å². The molecule has 236 valence electrons. The van der Waals surface area contributed by atoms with Crippen LogP contribution >= 0.6 is 0 Å². The maximum atomic E-state index is 16.4. The van der Waals surface area contributed by atoms with Crippen LogP contribution in [0.1, 0.15) is 42.7 Å². The molecule has 0 radical (unpaired) electrons. The summed E-state index contributed by atoms with van der Waals surface area (Å²) in [5.74, 6) is -3.02. The Bertz CT molecular complexity index is 1560. The minimum absolute atomic E-state index is 0.00523. The highest BCUT2D eigenvalue weighted by Gasteiger charge is 2.34. The van der Waals surface area contributed by atoms with Crippen molar-refractivity contribution in [2.45, 2.75) is 51.1 Å². The number of H-pyrrole nitrogens is 1. The molecule has 44 heavy (non-hydrogen) atoms.